The molecular formula is C32H25BrN2O4. The van der Waals surface area contributed by atoms with Crippen LogP contribution >= 0.6 is 15.9 Å². The fourth-order valence-corrected chi connectivity index (χ4v) is 4.10. The van der Waals surface area contributed by atoms with Crippen LogP contribution in [0.4, 0.5) is 5.69 Å². The van der Waals surface area contributed by atoms with Crippen molar-refractivity contribution >= 4 is 51.4 Å². The van der Waals surface area contributed by atoms with Crippen molar-refractivity contribution in [1.29, 1.82) is 0 Å². The lowest BCUT2D eigenvalue weighted by Gasteiger charge is -2.12. The number of amides is 2. The summed E-state index contributed by atoms with van der Waals surface area (Å²) in [5, 5.41) is 5.51. The Bertz CT molecular complexity index is 1540. The van der Waals surface area contributed by atoms with Gasteiger partial charge in [-0.3, -0.25) is 14.4 Å². The van der Waals surface area contributed by atoms with E-state index < -0.39 is 11.8 Å². The largest absolute Gasteiger partial charge is 0.496 e. The van der Waals surface area contributed by atoms with E-state index in [1.54, 1.807) is 67.8 Å². The first kappa shape index (κ1) is 27.3. The zero-order valence-corrected chi connectivity index (χ0v) is 22.6. The zero-order chi connectivity index (χ0) is 27.6. The predicted molar refractivity (Wildman–Crippen MR) is 157 cm³/mol. The molecule has 0 unspecified atom stereocenters. The van der Waals surface area contributed by atoms with Gasteiger partial charge in [0.2, 0.25) is 0 Å². The first-order valence-corrected chi connectivity index (χ1v) is 12.8. The molecule has 2 N–H and O–H groups in total. The van der Waals surface area contributed by atoms with Crippen molar-refractivity contribution in [1.82, 2.24) is 5.32 Å². The Morgan fingerprint density at radius 1 is 0.795 bits per heavy atom. The lowest BCUT2D eigenvalue weighted by Crippen LogP contribution is -2.30. The third-order valence-electron chi connectivity index (χ3n) is 5.67. The van der Waals surface area contributed by atoms with Crippen LogP contribution in [-0.4, -0.2) is 24.7 Å². The van der Waals surface area contributed by atoms with Crippen molar-refractivity contribution in [3.63, 3.8) is 0 Å². The number of ketones is 1. The van der Waals surface area contributed by atoms with Crippen LogP contribution in [-0.2, 0) is 4.79 Å². The van der Waals surface area contributed by atoms with E-state index in [2.05, 4.69) is 26.6 Å². The van der Waals surface area contributed by atoms with Gasteiger partial charge in [0.05, 0.1) is 7.11 Å². The molecule has 0 aliphatic carbocycles. The summed E-state index contributed by atoms with van der Waals surface area (Å²) in [6.07, 6.45) is 4.77. The van der Waals surface area contributed by atoms with Crippen molar-refractivity contribution in [2.75, 3.05) is 12.4 Å². The molecule has 0 atom stereocenters. The Morgan fingerprint density at radius 2 is 1.51 bits per heavy atom. The lowest BCUT2D eigenvalue weighted by atomic mass is 10.1. The topological polar surface area (TPSA) is 84.5 Å². The molecule has 0 bridgehead atoms. The summed E-state index contributed by atoms with van der Waals surface area (Å²) in [6.45, 7) is 0. The highest BCUT2D eigenvalue weighted by molar-refractivity contribution is 9.10. The van der Waals surface area contributed by atoms with Crippen LogP contribution in [0.1, 0.15) is 31.8 Å². The first-order chi connectivity index (χ1) is 18.9. The first-order valence-electron chi connectivity index (χ1n) is 12.0. The van der Waals surface area contributed by atoms with E-state index in [1.165, 1.54) is 6.08 Å². The van der Waals surface area contributed by atoms with Crippen molar-refractivity contribution in [2.45, 2.75) is 0 Å². The highest BCUT2D eigenvalue weighted by Gasteiger charge is 2.15. The van der Waals surface area contributed by atoms with Crippen LogP contribution in [0, 0.1) is 0 Å². The number of carbonyl (C=O) groups excluding carboxylic acids is 3. The number of ether oxygens (including phenoxy) is 1. The number of hydrogen-bond acceptors (Lipinski definition) is 4. The van der Waals surface area contributed by atoms with E-state index in [0.29, 0.717) is 22.6 Å². The number of carbonyl (C=O) groups is 3. The van der Waals surface area contributed by atoms with Crippen molar-refractivity contribution in [3.8, 4) is 5.75 Å². The fourth-order valence-electron chi connectivity index (χ4n) is 3.69. The Kier molecular flexibility index (Phi) is 9.21. The van der Waals surface area contributed by atoms with E-state index in [4.69, 9.17) is 4.74 Å². The van der Waals surface area contributed by atoms with Gasteiger partial charge in [0.1, 0.15) is 11.4 Å². The molecule has 4 rings (SSSR count). The second-order valence-corrected chi connectivity index (χ2v) is 9.32. The molecule has 7 heteroatoms. The van der Waals surface area contributed by atoms with Crippen LogP contribution in [0.3, 0.4) is 0 Å². The van der Waals surface area contributed by atoms with E-state index in [0.717, 1.165) is 15.6 Å². The van der Waals surface area contributed by atoms with Gasteiger partial charge >= 0.3 is 0 Å². The number of anilines is 1. The molecule has 0 heterocycles. The Balaban J connectivity index is 1.50. The highest BCUT2D eigenvalue weighted by Crippen LogP contribution is 2.20. The Morgan fingerprint density at radius 3 is 2.23 bits per heavy atom. The molecule has 0 spiro atoms. The molecule has 2 amide bonds. The molecule has 0 saturated carbocycles. The normalized spacial score (nSPS) is 11.2. The van der Waals surface area contributed by atoms with Crippen LogP contribution in [0.25, 0.3) is 12.2 Å². The van der Waals surface area contributed by atoms with Gasteiger partial charge in [0.25, 0.3) is 11.8 Å². The number of hydrogen-bond donors (Lipinski definition) is 2. The summed E-state index contributed by atoms with van der Waals surface area (Å²) >= 11 is 3.42. The van der Waals surface area contributed by atoms with Crippen LogP contribution in [0.15, 0.2) is 119 Å². The molecule has 4 aromatic carbocycles. The number of nitrogens with one attached hydrogen (secondary N) is 2. The maximum atomic E-state index is 13.2. The molecule has 0 aliphatic rings. The van der Waals surface area contributed by atoms with Gasteiger partial charge in [-0.2, -0.15) is 0 Å². The minimum Gasteiger partial charge on any atom is -0.496 e. The van der Waals surface area contributed by atoms with E-state index in [-0.39, 0.29) is 11.5 Å². The third-order valence-corrected chi connectivity index (χ3v) is 6.16. The van der Waals surface area contributed by atoms with Gasteiger partial charge in [-0.25, -0.2) is 0 Å². The van der Waals surface area contributed by atoms with Gasteiger partial charge in [0.15, 0.2) is 5.78 Å². The van der Waals surface area contributed by atoms with Crippen molar-refractivity contribution in [3.05, 3.63) is 142 Å². The lowest BCUT2D eigenvalue weighted by molar-refractivity contribution is -0.113. The highest BCUT2D eigenvalue weighted by atomic mass is 79.9. The standard InChI is InChI=1S/C32H25BrN2O4/c1-39-30-13-6-5-9-24(30)16-19-29(36)23-14-17-27(18-15-23)34-32(38)28(21-22-8-7-12-26(33)20-22)35-31(37)25-10-3-2-4-11-25/h2-21H,1H3,(H,34,38)(H,35,37)/b19-16+,28-21-. The summed E-state index contributed by atoms with van der Waals surface area (Å²) in [4.78, 5) is 38.7. The maximum absolute atomic E-state index is 13.2. The summed E-state index contributed by atoms with van der Waals surface area (Å²) < 4.78 is 6.15. The molecule has 0 aliphatic heterocycles. The molecule has 6 nitrogen and oxygen atoms in total. The summed E-state index contributed by atoms with van der Waals surface area (Å²) in [5.41, 5.74) is 2.95. The molecule has 194 valence electrons. The monoisotopic (exact) mass is 580 g/mol. The smallest absolute Gasteiger partial charge is 0.272 e. The van der Waals surface area contributed by atoms with Crippen LogP contribution in [0.2, 0.25) is 0 Å². The predicted octanol–water partition coefficient (Wildman–Crippen LogP) is 6.76. The SMILES string of the molecule is COc1ccccc1/C=C/C(=O)c1ccc(NC(=O)/C(=C/c2cccc(Br)c2)NC(=O)c2ccccc2)cc1. The zero-order valence-electron chi connectivity index (χ0n) is 21.1. The van der Waals surface area contributed by atoms with Crippen molar-refractivity contribution < 1.29 is 19.1 Å². The Labute approximate surface area is 235 Å². The number of methoxy groups -OCH3 is 1. The number of benzene rings is 4. The van der Waals surface area contributed by atoms with Crippen LogP contribution in [0.5, 0.6) is 5.75 Å². The number of para-hydroxylation sites is 1. The third kappa shape index (κ3) is 7.63. The average Bonchev–Trinajstić information content (AvgIpc) is 2.96. The molecule has 4 aromatic rings. The molecule has 39 heavy (non-hydrogen) atoms. The maximum Gasteiger partial charge on any atom is 0.272 e. The van der Waals surface area contributed by atoms with E-state index in [9.17, 15) is 14.4 Å². The Hall–Kier alpha value is -4.75. The quantitative estimate of drug-likeness (QED) is 0.169. The number of rotatable bonds is 9. The van der Waals surface area contributed by atoms with E-state index in [1.807, 2.05) is 54.6 Å². The fraction of sp³-hybridized carbons (Fsp3) is 0.0312. The summed E-state index contributed by atoms with van der Waals surface area (Å²) in [7, 11) is 1.58. The van der Waals surface area contributed by atoms with Gasteiger partial charge in [-0.15, -0.1) is 0 Å². The van der Waals surface area contributed by atoms with Crippen LogP contribution < -0.4 is 15.4 Å². The minimum absolute atomic E-state index is 0.0712. The number of halogens is 1. The summed E-state index contributed by atoms with van der Waals surface area (Å²) in [6, 6.07) is 30.0. The number of allylic oxidation sites excluding steroid dienone is 1. The minimum atomic E-state index is -0.505. The second-order valence-electron chi connectivity index (χ2n) is 8.40. The summed E-state index contributed by atoms with van der Waals surface area (Å²) in [5.74, 6) is -0.431. The second kappa shape index (κ2) is 13.2. The molecular weight excluding hydrogens is 556 g/mol. The van der Waals surface area contributed by atoms with Gasteiger partial charge in [0, 0.05) is 26.9 Å². The van der Waals surface area contributed by atoms with Crippen molar-refractivity contribution in [2.24, 2.45) is 0 Å². The van der Waals surface area contributed by atoms with Gasteiger partial charge < -0.3 is 15.4 Å². The molecule has 0 saturated heterocycles. The molecule has 0 aromatic heterocycles. The van der Waals surface area contributed by atoms with E-state index >= 15 is 0 Å². The van der Waals surface area contributed by atoms with Gasteiger partial charge in [-0.1, -0.05) is 64.5 Å². The average molecular weight is 581 g/mol. The van der Waals surface area contributed by atoms with Gasteiger partial charge in [-0.05, 0) is 78.4 Å². The molecule has 0 fully saturated rings. The molecule has 0 radical (unpaired) electrons.